The lowest BCUT2D eigenvalue weighted by atomic mass is 9.69. The molecule has 1 aromatic carbocycles. The maximum Gasteiger partial charge on any atom is 0.124 e. The van der Waals surface area contributed by atoms with Gasteiger partial charge in [0.1, 0.15) is 11.4 Å². The van der Waals surface area contributed by atoms with Crippen LogP contribution in [0.3, 0.4) is 0 Å². The molecule has 1 aromatic rings. The van der Waals surface area contributed by atoms with Crippen LogP contribution in [0.5, 0.6) is 5.75 Å². The van der Waals surface area contributed by atoms with E-state index in [9.17, 15) is 0 Å². The third-order valence-corrected chi connectivity index (χ3v) is 4.73. The first-order chi connectivity index (χ1) is 8.97. The summed E-state index contributed by atoms with van der Waals surface area (Å²) in [4.78, 5) is 0. The summed E-state index contributed by atoms with van der Waals surface area (Å²) in [6.45, 7) is 6.80. The maximum absolute atomic E-state index is 6.45. The topological polar surface area (TPSA) is 35.2 Å². The lowest BCUT2D eigenvalue weighted by molar-refractivity contribution is -0.0311. The van der Waals surface area contributed by atoms with Crippen molar-refractivity contribution >= 4 is 0 Å². The molecule has 3 rings (SSSR count). The molecule has 0 aromatic heterocycles. The first-order valence-corrected chi connectivity index (χ1v) is 7.52. The van der Waals surface area contributed by atoms with E-state index in [2.05, 4.69) is 39.0 Å². The Labute approximate surface area is 116 Å². The number of fused-ring (bicyclic) bond motifs is 1. The highest BCUT2D eigenvalue weighted by molar-refractivity contribution is 5.41. The lowest BCUT2D eigenvalue weighted by Gasteiger charge is -2.47. The molecule has 0 amide bonds. The number of ether oxygens (including phenoxy) is 1. The van der Waals surface area contributed by atoms with Crippen LogP contribution in [0.1, 0.15) is 56.7 Å². The second-order valence-corrected chi connectivity index (χ2v) is 6.99. The van der Waals surface area contributed by atoms with Crippen LogP contribution in [0.2, 0.25) is 0 Å². The summed E-state index contributed by atoms with van der Waals surface area (Å²) < 4.78 is 6.45. The predicted molar refractivity (Wildman–Crippen MR) is 78.3 cm³/mol. The van der Waals surface area contributed by atoms with Crippen LogP contribution in [-0.4, -0.2) is 5.60 Å². The second kappa shape index (κ2) is 4.52. The molecular weight excluding hydrogens is 234 g/mol. The van der Waals surface area contributed by atoms with Crippen molar-refractivity contribution in [2.24, 2.45) is 17.6 Å². The molecule has 1 heterocycles. The van der Waals surface area contributed by atoms with E-state index in [1.807, 2.05) is 0 Å². The minimum absolute atomic E-state index is 0.0151. The Balaban J connectivity index is 1.94. The molecule has 2 heteroatoms. The first-order valence-electron chi connectivity index (χ1n) is 7.52. The van der Waals surface area contributed by atoms with Gasteiger partial charge in [-0.05, 0) is 44.1 Å². The number of hydrogen-bond donors (Lipinski definition) is 1. The summed E-state index contributed by atoms with van der Waals surface area (Å²) in [5.41, 5.74) is 8.87. The van der Waals surface area contributed by atoms with E-state index in [1.165, 1.54) is 17.5 Å². The predicted octanol–water partition coefficient (Wildman–Crippen LogP) is 3.97. The highest BCUT2D eigenvalue weighted by Gasteiger charge is 2.44. The SMILES string of the molecule is Cc1ccc2c(c1)[C@H](N)CC1(CC(C)CC(C)C1)O2. The van der Waals surface area contributed by atoms with Gasteiger partial charge in [-0.25, -0.2) is 0 Å². The quantitative estimate of drug-likeness (QED) is 0.765. The number of rotatable bonds is 0. The van der Waals surface area contributed by atoms with Crippen molar-refractivity contribution in [3.8, 4) is 5.75 Å². The van der Waals surface area contributed by atoms with Gasteiger partial charge in [-0.2, -0.15) is 0 Å². The van der Waals surface area contributed by atoms with E-state index >= 15 is 0 Å². The molecular formula is C17H25NO. The zero-order valence-electron chi connectivity index (χ0n) is 12.3. The Morgan fingerprint density at radius 1 is 1.16 bits per heavy atom. The van der Waals surface area contributed by atoms with Gasteiger partial charge in [-0.1, -0.05) is 31.5 Å². The highest BCUT2D eigenvalue weighted by atomic mass is 16.5. The summed E-state index contributed by atoms with van der Waals surface area (Å²) in [6.07, 6.45) is 4.59. The van der Waals surface area contributed by atoms with Crippen molar-refractivity contribution in [1.29, 1.82) is 0 Å². The maximum atomic E-state index is 6.45. The largest absolute Gasteiger partial charge is 0.487 e. The Bertz CT molecular complexity index is 472. The van der Waals surface area contributed by atoms with Gasteiger partial charge in [0.2, 0.25) is 0 Å². The van der Waals surface area contributed by atoms with Crippen molar-refractivity contribution in [3.63, 3.8) is 0 Å². The molecule has 1 saturated carbocycles. The molecule has 2 aliphatic rings. The van der Waals surface area contributed by atoms with Crippen LogP contribution in [0.4, 0.5) is 0 Å². The summed E-state index contributed by atoms with van der Waals surface area (Å²) >= 11 is 0. The molecule has 0 bridgehead atoms. The summed E-state index contributed by atoms with van der Waals surface area (Å²) in [5.74, 6) is 2.50. The molecule has 1 aliphatic heterocycles. The lowest BCUT2D eigenvalue weighted by Crippen LogP contribution is -2.48. The van der Waals surface area contributed by atoms with Gasteiger partial charge < -0.3 is 10.5 Å². The fourth-order valence-corrected chi connectivity index (χ4v) is 4.29. The average Bonchev–Trinajstić information content (AvgIpc) is 2.28. The number of nitrogens with two attached hydrogens (primary N) is 1. The van der Waals surface area contributed by atoms with E-state index in [1.54, 1.807) is 0 Å². The van der Waals surface area contributed by atoms with Gasteiger partial charge in [0.15, 0.2) is 0 Å². The average molecular weight is 259 g/mol. The van der Waals surface area contributed by atoms with Crippen LogP contribution < -0.4 is 10.5 Å². The Morgan fingerprint density at radius 3 is 2.53 bits per heavy atom. The summed E-state index contributed by atoms with van der Waals surface area (Å²) in [5, 5.41) is 0. The van der Waals surface area contributed by atoms with E-state index in [4.69, 9.17) is 10.5 Å². The number of aryl methyl sites for hydroxylation is 1. The minimum Gasteiger partial charge on any atom is -0.487 e. The molecule has 1 aliphatic carbocycles. The second-order valence-electron chi connectivity index (χ2n) is 6.99. The number of benzene rings is 1. The van der Waals surface area contributed by atoms with Crippen LogP contribution in [0.15, 0.2) is 18.2 Å². The van der Waals surface area contributed by atoms with Crippen molar-refractivity contribution in [3.05, 3.63) is 29.3 Å². The minimum atomic E-state index is -0.0151. The molecule has 104 valence electrons. The van der Waals surface area contributed by atoms with E-state index in [0.717, 1.165) is 36.8 Å². The molecule has 0 radical (unpaired) electrons. The van der Waals surface area contributed by atoms with Crippen LogP contribution in [0, 0.1) is 18.8 Å². The molecule has 2 unspecified atom stereocenters. The van der Waals surface area contributed by atoms with Gasteiger partial charge >= 0.3 is 0 Å². The number of hydrogen-bond acceptors (Lipinski definition) is 2. The standard InChI is InChI=1S/C17H25NO/c1-11-4-5-16-14(7-11)15(18)10-17(19-16)8-12(2)6-13(3)9-17/h4-5,7,12-13,15H,6,8-10,18H2,1-3H3/t12?,13?,15-,17?/m1/s1. The molecule has 3 atom stereocenters. The molecule has 1 fully saturated rings. The van der Waals surface area contributed by atoms with Crippen LogP contribution >= 0.6 is 0 Å². The molecule has 1 spiro atoms. The smallest absolute Gasteiger partial charge is 0.124 e. The van der Waals surface area contributed by atoms with Gasteiger partial charge in [0.25, 0.3) is 0 Å². The molecule has 2 N–H and O–H groups in total. The fourth-order valence-electron chi connectivity index (χ4n) is 4.29. The zero-order chi connectivity index (χ0) is 13.6. The van der Waals surface area contributed by atoms with Crippen molar-refractivity contribution in [2.45, 2.75) is 58.1 Å². The Hall–Kier alpha value is -1.02. The molecule has 19 heavy (non-hydrogen) atoms. The van der Waals surface area contributed by atoms with Gasteiger partial charge in [-0.3, -0.25) is 0 Å². The Morgan fingerprint density at radius 2 is 1.84 bits per heavy atom. The molecule has 0 saturated heterocycles. The van der Waals surface area contributed by atoms with Crippen LogP contribution in [-0.2, 0) is 0 Å². The Kier molecular flexibility index (Phi) is 3.09. The summed E-state index contributed by atoms with van der Waals surface area (Å²) in [6, 6.07) is 6.54. The van der Waals surface area contributed by atoms with E-state index in [-0.39, 0.29) is 11.6 Å². The first kappa shape index (κ1) is 13.0. The van der Waals surface area contributed by atoms with Crippen LogP contribution in [0.25, 0.3) is 0 Å². The molecule has 2 nitrogen and oxygen atoms in total. The zero-order valence-corrected chi connectivity index (χ0v) is 12.3. The van der Waals surface area contributed by atoms with Crippen molar-refractivity contribution in [1.82, 2.24) is 0 Å². The third kappa shape index (κ3) is 2.38. The van der Waals surface area contributed by atoms with E-state index < -0.39 is 0 Å². The fraction of sp³-hybridized carbons (Fsp3) is 0.647. The van der Waals surface area contributed by atoms with E-state index in [0.29, 0.717) is 0 Å². The highest BCUT2D eigenvalue weighted by Crippen LogP contribution is 2.48. The van der Waals surface area contributed by atoms with Crippen molar-refractivity contribution in [2.75, 3.05) is 0 Å². The monoisotopic (exact) mass is 259 g/mol. The normalized spacial score (nSPS) is 37.8. The third-order valence-electron chi connectivity index (χ3n) is 4.73. The van der Waals surface area contributed by atoms with Crippen molar-refractivity contribution < 1.29 is 4.74 Å². The van der Waals surface area contributed by atoms with Gasteiger partial charge in [0, 0.05) is 18.0 Å². The van der Waals surface area contributed by atoms with Gasteiger partial charge in [-0.15, -0.1) is 0 Å². The summed E-state index contributed by atoms with van der Waals surface area (Å²) in [7, 11) is 0. The van der Waals surface area contributed by atoms with Gasteiger partial charge in [0.05, 0.1) is 0 Å².